The zero-order valence-electron chi connectivity index (χ0n) is 22.6. The van der Waals surface area contributed by atoms with Crippen LogP contribution in [0.4, 0.5) is 18.9 Å². The average molecular weight is 552 g/mol. The van der Waals surface area contributed by atoms with Gasteiger partial charge in [0.2, 0.25) is 5.91 Å². The van der Waals surface area contributed by atoms with E-state index in [2.05, 4.69) is 10.7 Å². The van der Waals surface area contributed by atoms with Crippen molar-refractivity contribution in [1.82, 2.24) is 10.7 Å². The lowest BCUT2D eigenvalue weighted by Gasteiger charge is -2.28. The predicted octanol–water partition coefficient (Wildman–Crippen LogP) is 6.02. The summed E-state index contributed by atoms with van der Waals surface area (Å²) in [6.07, 6.45) is -3.83. The first-order chi connectivity index (χ1) is 19.0. The van der Waals surface area contributed by atoms with Gasteiger partial charge in [0.25, 0.3) is 11.8 Å². The van der Waals surface area contributed by atoms with Crippen molar-refractivity contribution in [2.75, 3.05) is 5.01 Å². The Kier molecular flexibility index (Phi) is 8.61. The standard InChI is InChI=1S/C31H32F3N3O3/c1-4-19(2)16-26(35-28(38)18-21-10-9-11-22(17-21)31(32,33)34)29(39)36-37-27-15-8-7-14-25(27)24-13-6-5-12-23(24)20(3)30(37)40/h5-15,17,19-20,26H,4,16,18H2,1-3H3,(H,35,38)(H,36,39)/t19?,20?,26-/m0/s1. The highest BCUT2D eigenvalue weighted by Crippen LogP contribution is 2.40. The van der Waals surface area contributed by atoms with Gasteiger partial charge >= 0.3 is 6.18 Å². The van der Waals surface area contributed by atoms with E-state index in [0.29, 0.717) is 5.69 Å². The molecule has 1 aliphatic heterocycles. The van der Waals surface area contributed by atoms with Crippen LogP contribution in [0.15, 0.2) is 72.8 Å². The quantitative estimate of drug-likeness (QED) is 0.360. The topological polar surface area (TPSA) is 78.5 Å². The molecule has 0 spiro atoms. The zero-order chi connectivity index (χ0) is 29.0. The third-order valence-corrected chi connectivity index (χ3v) is 7.28. The van der Waals surface area contributed by atoms with Crippen molar-refractivity contribution in [3.8, 4) is 11.1 Å². The lowest BCUT2D eigenvalue weighted by atomic mass is 9.92. The van der Waals surface area contributed by atoms with Crippen LogP contribution in [-0.4, -0.2) is 23.8 Å². The van der Waals surface area contributed by atoms with Crippen molar-refractivity contribution in [3.05, 3.63) is 89.5 Å². The predicted molar refractivity (Wildman–Crippen MR) is 147 cm³/mol. The monoisotopic (exact) mass is 551 g/mol. The molecule has 2 N–H and O–H groups in total. The highest BCUT2D eigenvalue weighted by atomic mass is 19.4. The number of fused-ring (bicyclic) bond motifs is 3. The second-order valence-electron chi connectivity index (χ2n) is 10.2. The smallest absolute Gasteiger partial charge is 0.344 e. The molecule has 2 unspecified atom stereocenters. The molecule has 210 valence electrons. The summed E-state index contributed by atoms with van der Waals surface area (Å²) < 4.78 is 39.4. The fraction of sp³-hybridized carbons (Fsp3) is 0.323. The Hall–Kier alpha value is -4.14. The Balaban J connectivity index is 1.58. The second-order valence-corrected chi connectivity index (χ2v) is 10.2. The molecule has 40 heavy (non-hydrogen) atoms. The molecule has 0 radical (unpaired) electrons. The van der Waals surface area contributed by atoms with Gasteiger partial charge in [0.15, 0.2) is 0 Å². The number of alkyl halides is 3. The fourth-order valence-electron chi connectivity index (χ4n) is 4.85. The molecule has 3 atom stereocenters. The number of hydrazine groups is 1. The van der Waals surface area contributed by atoms with Gasteiger partial charge in [0.05, 0.1) is 23.6 Å². The summed E-state index contributed by atoms with van der Waals surface area (Å²) in [4.78, 5) is 40.1. The Morgan fingerprint density at radius 2 is 1.65 bits per heavy atom. The summed E-state index contributed by atoms with van der Waals surface area (Å²) in [6.45, 7) is 5.67. The third kappa shape index (κ3) is 6.35. The van der Waals surface area contributed by atoms with Gasteiger partial charge in [-0.05, 0) is 48.1 Å². The van der Waals surface area contributed by atoms with Crippen molar-refractivity contribution >= 4 is 23.4 Å². The molecule has 0 fully saturated rings. The molecule has 9 heteroatoms. The lowest BCUT2D eigenvalue weighted by Crippen LogP contribution is -2.55. The molecule has 0 aliphatic carbocycles. The van der Waals surface area contributed by atoms with Gasteiger partial charge in [-0.1, -0.05) is 80.9 Å². The summed E-state index contributed by atoms with van der Waals surface area (Å²) in [7, 11) is 0. The van der Waals surface area contributed by atoms with Crippen molar-refractivity contribution in [1.29, 1.82) is 0 Å². The largest absolute Gasteiger partial charge is 0.416 e. The van der Waals surface area contributed by atoms with Crippen LogP contribution in [0.5, 0.6) is 0 Å². The molecule has 3 aromatic carbocycles. The van der Waals surface area contributed by atoms with Crippen LogP contribution < -0.4 is 15.8 Å². The van der Waals surface area contributed by atoms with Crippen LogP contribution in [0.3, 0.4) is 0 Å². The highest BCUT2D eigenvalue weighted by Gasteiger charge is 2.34. The number of hydrogen-bond acceptors (Lipinski definition) is 3. The van der Waals surface area contributed by atoms with Crippen molar-refractivity contribution in [2.24, 2.45) is 5.92 Å². The van der Waals surface area contributed by atoms with Crippen LogP contribution in [-0.2, 0) is 27.0 Å². The van der Waals surface area contributed by atoms with E-state index in [9.17, 15) is 27.6 Å². The van der Waals surface area contributed by atoms with E-state index >= 15 is 0 Å². The Morgan fingerprint density at radius 3 is 2.35 bits per heavy atom. The first kappa shape index (κ1) is 28.9. The van der Waals surface area contributed by atoms with Gasteiger partial charge in [0.1, 0.15) is 6.04 Å². The number of nitrogens with zero attached hydrogens (tertiary/aromatic N) is 1. The van der Waals surface area contributed by atoms with E-state index in [4.69, 9.17) is 0 Å². The number of nitrogens with one attached hydrogen (secondary N) is 2. The van der Waals surface area contributed by atoms with E-state index in [1.54, 1.807) is 19.1 Å². The summed E-state index contributed by atoms with van der Waals surface area (Å²) in [5.41, 5.74) is 5.09. The van der Waals surface area contributed by atoms with Crippen LogP contribution >= 0.6 is 0 Å². The number of carbonyl (C=O) groups excluding carboxylic acids is 3. The SMILES string of the molecule is CCC(C)C[C@H](NC(=O)Cc1cccc(C(F)(F)F)c1)C(=O)NN1C(=O)C(C)c2ccccc2-c2ccccc21. The van der Waals surface area contributed by atoms with Crippen molar-refractivity contribution < 1.29 is 27.6 Å². The molecule has 3 aromatic rings. The Labute approximate surface area is 231 Å². The number of halogens is 3. The molecule has 0 saturated carbocycles. The molecule has 1 heterocycles. The van der Waals surface area contributed by atoms with Crippen molar-refractivity contribution in [2.45, 2.75) is 58.2 Å². The van der Waals surface area contributed by atoms with E-state index in [1.807, 2.05) is 50.2 Å². The number of benzene rings is 3. The number of anilines is 1. The fourth-order valence-corrected chi connectivity index (χ4v) is 4.85. The first-order valence-corrected chi connectivity index (χ1v) is 13.3. The number of carbonyl (C=O) groups is 3. The molecule has 6 nitrogen and oxygen atoms in total. The maximum atomic E-state index is 13.6. The molecule has 0 bridgehead atoms. The highest BCUT2D eigenvalue weighted by molar-refractivity contribution is 6.06. The number of para-hydroxylation sites is 1. The number of amides is 3. The van der Waals surface area contributed by atoms with Gasteiger partial charge in [-0.15, -0.1) is 0 Å². The van der Waals surface area contributed by atoms with Crippen LogP contribution in [0, 0.1) is 5.92 Å². The van der Waals surface area contributed by atoms with E-state index in [0.717, 1.165) is 35.2 Å². The Bertz CT molecular complexity index is 1410. The molecular weight excluding hydrogens is 519 g/mol. The number of rotatable bonds is 8. The Morgan fingerprint density at radius 1 is 0.975 bits per heavy atom. The molecular formula is C31H32F3N3O3. The first-order valence-electron chi connectivity index (χ1n) is 13.3. The van der Waals surface area contributed by atoms with E-state index in [-0.39, 0.29) is 30.2 Å². The zero-order valence-corrected chi connectivity index (χ0v) is 22.6. The lowest BCUT2D eigenvalue weighted by molar-refractivity contribution is -0.137. The average Bonchev–Trinajstić information content (AvgIpc) is 3.02. The summed E-state index contributed by atoms with van der Waals surface area (Å²) in [5, 5.41) is 3.93. The molecule has 0 aromatic heterocycles. The van der Waals surface area contributed by atoms with Gasteiger partial charge in [-0.3, -0.25) is 19.8 Å². The summed E-state index contributed by atoms with van der Waals surface area (Å²) in [6, 6.07) is 18.4. The van der Waals surface area contributed by atoms with E-state index < -0.39 is 35.5 Å². The molecule has 3 amide bonds. The van der Waals surface area contributed by atoms with E-state index in [1.165, 1.54) is 17.1 Å². The summed E-state index contributed by atoms with van der Waals surface area (Å²) >= 11 is 0. The maximum absolute atomic E-state index is 13.6. The molecule has 1 aliphatic rings. The number of hydrogen-bond donors (Lipinski definition) is 2. The minimum atomic E-state index is -4.53. The molecule has 0 saturated heterocycles. The van der Waals surface area contributed by atoms with Gasteiger partial charge in [-0.25, -0.2) is 5.01 Å². The van der Waals surface area contributed by atoms with Crippen molar-refractivity contribution in [3.63, 3.8) is 0 Å². The van der Waals surface area contributed by atoms with Crippen LogP contribution in [0.2, 0.25) is 0 Å². The van der Waals surface area contributed by atoms with Gasteiger partial charge in [-0.2, -0.15) is 13.2 Å². The maximum Gasteiger partial charge on any atom is 0.416 e. The van der Waals surface area contributed by atoms with Crippen LogP contribution in [0.1, 0.15) is 56.2 Å². The third-order valence-electron chi connectivity index (χ3n) is 7.28. The van der Waals surface area contributed by atoms with Gasteiger partial charge < -0.3 is 5.32 Å². The minimum absolute atomic E-state index is 0.0555. The van der Waals surface area contributed by atoms with Crippen LogP contribution in [0.25, 0.3) is 11.1 Å². The molecule has 4 rings (SSSR count). The second kappa shape index (κ2) is 11.9. The minimum Gasteiger partial charge on any atom is -0.344 e. The summed E-state index contributed by atoms with van der Waals surface area (Å²) in [5.74, 6) is -2.00. The van der Waals surface area contributed by atoms with Gasteiger partial charge in [0, 0.05) is 5.56 Å². The normalized spacial score (nSPS) is 16.3.